The molecule has 7 heteroatoms. The van der Waals surface area contributed by atoms with Crippen molar-refractivity contribution in [2.75, 3.05) is 24.2 Å². The number of hydrogen-bond donors (Lipinski definition) is 2. The van der Waals surface area contributed by atoms with Gasteiger partial charge in [-0.05, 0) is 30.3 Å². The van der Waals surface area contributed by atoms with E-state index in [1.807, 2.05) is 6.07 Å². The van der Waals surface area contributed by atoms with Gasteiger partial charge in [0.25, 0.3) is 5.91 Å². The minimum Gasteiger partial charge on any atom is -0.454 e. The van der Waals surface area contributed by atoms with E-state index in [0.717, 1.165) is 5.69 Å². The number of anilines is 2. The van der Waals surface area contributed by atoms with Crippen molar-refractivity contribution in [3.63, 3.8) is 0 Å². The van der Waals surface area contributed by atoms with Gasteiger partial charge in [-0.3, -0.25) is 10.6 Å². The van der Waals surface area contributed by atoms with E-state index in [2.05, 4.69) is 5.43 Å². The molecule has 1 aliphatic rings. The summed E-state index contributed by atoms with van der Waals surface area (Å²) in [5, 5.41) is 0. The number of hydrogen-bond acceptors (Lipinski definition) is 5. The Labute approximate surface area is 134 Å². The number of halogens is 1. The first-order chi connectivity index (χ1) is 10.2. The molecule has 116 valence electrons. The summed E-state index contributed by atoms with van der Waals surface area (Å²) < 4.78 is 10.6. The summed E-state index contributed by atoms with van der Waals surface area (Å²) in [6.45, 7) is 0.209. The maximum absolute atomic E-state index is 12.5. The third-order valence-corrected chi connectivity index (χ3v) is 3.32. The van der Waals surface area contributed by atoms with Crippen LogP contribution in [-0.4, -0.2) is 19.7 Å². The van der Waals surface area contributed by atoms with Crippen LogP contribution in [0.25, 0.3) is 0 Å². The molecule has 2 aromatic carbocycles. The Hall–Kier alpha value is -2.44. The van der Waals surface area contributed by atoms with Gasteiger partial charge >= 0.3 is 0 Å². The van der Waals surface area contributed by atoms with Crippen molar-refractivity contribution in [3.05, 3.63) is 48.0 Å². The predicted octanol–water partition coefficient (Wildman–Crippen LogP) is 2.40. The highest BCUT2D eigenvalue weighted by molar-refractivity contribution is 6.06. The molecule has 0 saturated carbocycles. The molecule has 0 aromatic heterocycles. The van der Waals surface area contributed by atoms with Crippen LogP contribution < -0.4 is 25.6 Å². The van der Waals surface area contributed by atoms with Crippen LogP contribution in [0.3, 0.4) is 0 Å². The maximum Gasteiger partial charge on any atom is 0.258 e. The SMILES string of the molecule is CN(C(=O)c1cccc(NN)c1)c1ccc2c(c1)OCO2.Cl. The number of hydrazine groups is 1. The minimum absolute atomic E-state index is 0. The van der Waals surface area contributed by atoms with Gasteiger partial charge in [0.05, 0.1) is 0 Å². The van der Waals surface area contributed by atoms with Crippen molar-refractivity contribution >= 4 is 29.7 Å². The van der Waals surface area contributed by atoms with Crippen molar-refractivity contribution in [3.8, 4) is 11.5 Å². The average molecular weight is 322 g/mol. The Morgan fingerprint density at radius 1 is 1.18 bits per heavy atom. The molecule has 0 fully saturated rings. The van der Waals surface area contributed by atoms with Gasteiger partial charge in [-0.15, -0.1) is 12.4 Å². The van der Waals surface area contributed by atoms with E-state index in [1.54, 1.807) is 48.3 Å². The molecule has 0 radical (unpaired) electrons. The lowest BCUT2D eigenvalue weighted by Crippen LogP contribution is -2.26. The third kappa shape index (κ3) is 2.93. The van der Waals surface area contributed by atoms with Gasteiger partial charge in [0.15, 0.2) is 11.5 Å². The summed E-state index contributed by atoms with van der Waals surface area (Å²) in [7, 11) is 1.71. The summed E-state index contributed by atoms with van der Waals surface area (Å²) in [5.41, 5.74) is 4.49. The summed E-state index contributed by atoms with van der Waals surface area (Å²) in [4.78, 5) is 14.1. The molecule has 1 heterocycles. The number of rotatable bonds is 3. The maximum atomic E-state index is 12.5. The monoisotopic (exact) mass is 321 g/mol. The lowest BCUT2D eigenvalue weighted by molar-refractivity contribution is 0.0993. The zero-order valence-electron chi connectivity index (χ0n) is 11.9. The van der Waals surface area contributed by atoms with E-state index in [4.69, 9.17) is 15.3 Å². The van der Waals surface area contributed by atoms with E-state index < -0.39 is 0 Å². The van der Waals surface area contributed by atoms with Crippen molar-refractivity contribution < 1.29 is 14.3 Å². The lowest BCUT2D eigenvalue weighted by atomic mass is 10.1. The number of carbonyl (C=O) groups excluding carboxylic acids is 1. The van der Waals surface area contributed by atoms with E-state index in [9.17, 15) is 4.79 Å². The first kappa shape index (κ1) is 15.9. The standard InChI is InChI=1S/C15H15N3O3.ClH/c1-18(12-5-6-13-14(8-12)21-9-20-13)15(19)10-3-2-4-11(7-10)17-16;/h2-8,17H,9,16H2,1H3;1H. The van der Waals surface area contributed by atoms with Gasteiger partial charge in [0.1, 0.15) is 0 Å². The fourth-order valence-corrected chi connectivity index (χ4v) is 2.15. The summed E-state index contributed by atoms with van der Waals surface area (Å²) in [6, 6.07) is 12.4. The number of benzene rings is 2. The molecule has 1 aliphatic heterocycles. The topological polar surface area (TPSA) is 76.8 Å². The summed E-state index contributed by atoms with van der Waals surface area (Å²) >= 11 is 0. The van der Waals surface area contributed by atoms with Gasteiger partial charge in [0.2, 0.25) is 6.79 Å². The van der Waals surface area contributed by atoms with Crippen molar-refractivity contribution in [1.29, 1.82) is 0 Å². The molecule has 0 aliphatic carbocycles. The molecule has 22 heavy (non-hydrogen) atoms. The Bertz CT molecular complexity index is 693. The fraction of sp³-hybridized carbons (Fsp3) is 0.133. The molecular formula is C15H16ClN3O3. The highest BCUT2D eigenvalue weighted by atomic mass is 35.5. The number of amides is 1. The minimum atomic E-state index is -0.133. The molecule has 1 amide bonds. The molecule has 0 bridgehead atoms. The number of fused-ring (bicyclic) bond motifs is 1. The Kier molecular flexibility index (Phi) is 4.75. The molecule has 0 unspecified atom stereocenters. The largest absolute Gasteiger partial charge is 0.454 e. The van der Waals surface area contributed by atoms with Crippen LogP contribution in [0.2, 0.25) is 0 Å². The quantitative estimate of drug-likeness (QED) is 0.670. The van der Waals surface area contributed by atoms with Crippen molar-refractivity contribution in [2.24, 2.45) is 5.84 Å². The zero-order valence-corrected chi connectivity index (χ0v) is 12.7. The highest BCUT2D eigenvalue weighted by Crippen LogP contribution is 2.35. The Morgan fingerprint density at radius 3 is 2.73 bits per heavy atom. The first-order valence-corrected chi connectivity index (χ1v) is 6.43. The Balaban J connectivity index is 0.00000176. The van der Waals surface area contributed by atoms with Crippen LogP contribution in [0, 0.1) is 0 Å². The number of nitrogen functional groups attached to an aromatic ring is 1. The first-order valence-electron chi connectivity index (χ1n) is 6.43. The number of ether oxygens (including phenoxy) is 2. The third-order valence-electron chi connectivity index (χ3n) is 3.32. The van der Waals surface area contributed by atoms with Crippen LogP contribution >= 0.6 is 12.4 Å². The van der Waals surface area contributed by atoms with E-state index in [-0.39, 0.29) is 25.1 Å². The molecular weight excluding hydrogens is 306 g/mol. The summed E-state index contributed by atoms with van der Waals surface area (Å²) in [5.74, 6) is 6.56. The van der Waals surface area contributed by atoms with E-state index >= 15 is 0 Å². The molecule has 3 N–H and O–H groups in total. The Morgan fingerprint density at radius 2 is 1.95 bits per heavy atom. The van der Waals surface area contributed by atoms with Crippen LogP contribution in [-0.2, 0) is 0 Å². The smallest absolute Gasteiger partial charge is 0.258 e. The number of nitrogens with zero attached hydrogens (tertiary/aromatic N) is 1. The van der Waals surface area contributed by atoms with Gasteiger partial charge in [-0.2, -0.15) is 0 Å². The van der Waals surface area contributed by atoms with Crippen molar-refractivity contribution in [2.45, 2.75) is 0 Å². The number of nitrogens with two attached hydrogens (primary N) is 1. The van der Waals surface area contributed by atoms with Crippen LogP contribution in [0.15, 0.2) is 42.5 Å². The highest BCUT2D eigenvalue weighted by Gasteiger charge is 2.18. The van der Waals surface area contributed by atoms with Crippen LogP contribution in [0.4, 0.5) is 11.4 Å². The van der Waals surface area contributed by atoms with Crippen LogP contribution in [0.5, 0.6) is 11.5 Å². The summed E-state index contributed by atoms with van der Waals surface area (Å²) in [6.07, 6.45) is 0. The molecule has 0 saturated heterocycles. The molecule has 0 atom stereocenters. The van der Waals surface area contributed by atoms with Crippen molar-refractivity contribution in [1.82, 2.24) is 0 Å². The van der Waals surface area contributed by atoms with E-state index in [0.29, 0.717) is 22.7 Å². The molecule has 3 rings (SSSR count). The van der Waals surface area contributed by atoms with Gasteiger partial charge in [0, 0.05) is 30.1 Å². The van der Waals surface area contributed by atoms with Gasteiger partial charge < -0.3 is 19.8 Å². The number of nitrogens with one attached hydrogen (secondary N) is 1. The second kappa shape index (κ2) is 6.55. The van der Waals surface area contributed by atoms with Gasteiger partial charge in [-0.25, -0.2) is 0 Å². The second-order valence-electron chi connectivity index (χ2n) is 4.63. The normalized spacial score (nSPS) is 11.5. The van der Waals surface area contributed by atoms with Crippen LogP contribution in [0.1, 0.15) is 10.4 Å². The molecule has 6 nitrogen and oxygen atoms in total. The average Bonchev–Trinajstić information content (AvgIpc) is 3.01. The predicted molar refractivity (Wildman–Crippen MR) is 86.8 cm³/mol. The molecule has 0 spiro atoms. The fourth-order valence-electron chi connectivity index (χ4n) is 2.15. The van der Waals surface area contributed by atoms with E-state index in [1.165, 1.54) is 0 Å². The van der Waals surface area contributed by atoms with Gasteiger partial charge in [-0.1, -0.05) is 6.07 Å². The number of carbonyl (C=O) groups is 1. The zero-order chi connectivity index (χ0) is 14.8. The molecule has 2 aromatic rings. The second-order valence-corrected chi connectivity index (χ2v) is 4.63. The lowest BCUT2D eigenvalue weighted by Gasteiger charge is -2.18.